The molecular formula is C8H16N2OS. The molecule has 2 N–H and O–H groups in total. The third kappa shape index (κ3) is 2.38. The van der Waals surface area contributed by atoms with E-state index in [2.05, 4.69) is 18.2 Å². The van der Waals surface area contributed by atoms with E-state index in [-0.39, 0.29) is 11.9 Å². The van der Waals surface area contributed by atoms with Gasteiger partial charge in [-0.25, -0.2) is 4.31 Å². The van der Waals surface area contributed by atoms with E-state index >= 15 is 0 Å². The number of hydrogen-bond donors (Lipinski definition) is 1. The molecule has 0 radical (unpaired) electrons. The molecule has 1 heterocycles. The molecule has 70 valence electrons. The Kier molecular flexibility index (Phi) is 3.40. The van der Waals surface area contributed by atoms with E-state index in [4.69, 9.17) is 5.73 Å². The van der Waals surface area contributed by atoms with Gasteiger partial charge in [0.05, 0.1) is 6.04 Å². The largest absolute Gasteiger partial charge is 0.368 e. The lowest BCUT2D eigenvalue weighted by molar-refractivity contribution is -0.120. The predicted molar refractivity (Wildman–Crippen MR) is 51.6 cm³/mol. The van der Waals surface area contributed by atoms with Crippen LogP contribution in [0.1, 0.15) is 26.7 Å². The smallest absolute Gasteiger partial charge is 0.235 e. The highest BCUT2D eigenvalue weighted by Crippen LogP contribution is 2.27. The molecule has 0 saturated carbocycles. The summed E-state index contributed by atoms with van der Waals surface area (Å²) in [5.74, 6) is -0.180. The van der Waals surface area contributed by atoms with Gasteiger partial charge in [0, 0.05) is 11.8 Å². The quantitative estimate of drug-likeness (QED) is 0.672. The molecule has 1 aliphatic rings. The van der Waals surface area contributed by atoms with Gasteiger partial charge in [-0.2, -0.15) is 0 Å². The minimum atomic E-state index is -0.180. The summed E-state index contributed by atoms with van der Waals surface area (Å²) < 4.78 is 2.12. The fourth-order valence-corrected chi connectivity index (χ4v) is 2.55. The maximum Gasteiger partial charge on any atom is 0.235 e. The van der Waals surface area contributed by atoms with Crippen molar-refractivity contribution in [3.63, 3.8) is 0 Å². The van der Waals surface area contributed by atoms with Crippen LogP contribution >= 0.6 is 11.9 Å². The van der Waals surface area contributed by atoms with Gasteiger partial charge in [0.1, 0.15) is 0 Å². The fraction of sp³-hybridized carbons (Fsp3) is 0.875. The third-order valence-corrected chi connectivity index (χ3v) is 3.01. The zero-order chi connectivity index (χ0) is 9.14. The molecule has 1 amide bonds. The van der Waals surface area contributed by atoms with E-state index in [1.807, 2.05) is 0 Å². The van der Waals surface area contributed by atoms with Gasteiger partial charge in [0.2, 0.25) is 5.91 Å². The third-order valence-electron chi connectivity index (χ3n) is 1.88. The van der Waals surface area contributed by atoms with Gasteiger partial charge >= 0.3 is 0 Å². The van der Waals surface area contributed by atoms with E-state index < -0.39 is 0 Å². The summed E-state index contributed by atoms with van der Waals surface area (Å²) >= 11 is 1.73. The van der Waals surface area contributed by atoms with Crippen molar-refractivity contribution in [2.75, 3.05) is 6.54 Å². The lowest BCUT2D eigenvalue weighted by Gasteiger charge is -2.22. The van der Waals surface area contributed by atoms with Crippen LogP contribution in [-0.2, 0) is 4.79 Å². The summed E-state index contributed by atoms with van der Waals surface area (Å²) in [5, 5.41) is 0.532. The first-order valence-electron chi connectivity index (χ1n) is 4.34. The van der Waals surface area contributed by atoms with Crippen molar-refractivity contribution in [1.29, 1.82) is 0 Å². The summed E-state index contributed by atoms with van der Waals surface area (Å²) in [4.78, 5) is 11.0. The van der Waals surface area contributed by atoms with Crippen molar-refractivity contribution in [2.45, 2.75) is 38.0 Å². The molecule has 3 nitrogen and oxygen atoms in total. The van der Waals surface area contributed by atoms with Crippen LogP contribution in [-0.4, -0.2) is 28.0 Å². The van der Waals surface area contributed by atoms with Crippen molar-refractivity contribution in [3.8, 4) is 0 Å². The van der Waals surface area contributed by atoms with Crippen LogP contribution in [0.2, 0.25) is 0 Å². The summed E-state index contributed by atoms with van der Waals surface area (Å²) in [7, 11) is 0. The highest BCUT2D eigenvalue weighted by Gasteiger charge is 2.29. The lowest BCUT2D eigenvalue weighted by Crippen LogP contribution is -2.37. The molecule has 0 aromatic heterocycles. The molecule has 1 fully saturated rings. The van der Waals surface area contributed by atoms with Crippen molar-refractivity contribution in [3.05, 3.63) is 0 Å². The number of hydrogen-bond acceptors (Lipinski definition) is 3. The van der Waals surface area contributed by atoms with Gasteiger partial charge in [-0.05, 0) is 12.8 Å². The lowest BCUT2D eigenvalue weighted by atomic mass is 10.2. The Bertz CT molecular complexity index is 172. The van der Waals surface area contributed by atoms with Crippen LogP contribution in [0.5, 0.6) is 0 Å². The normalized spacial score (nSPS) is 25.1. The Hall–Kier alpha value is -0.220. The van der Waals surface area contributed by atoms with Crippen LogP contribution in [0.4, 0.5) is 0 Å². The Labute approximate surface area is 77.8 Å². The SMILES string of the molecule is CC(C)SN1CCCC1C(N)=O. The van der Waals surface area contributed by atoms with Gasteiger partial charge in [0.25, 0.3) is 0 Å². The van der Waals surface area contributed by atoms with Gasteiger partial charge in [-0.3, -0.25) is 4.79 Å². The molecule has 0 spiro atoms. The van der Waals surface area contributed by atoms with E-state index in [1.165, 1.54) is 0 Å². The van der Waals surface area contributed by atoms with Crippen LogP contribution < -0.4 is 5.73 Å². The summed E-state index contributed by atoms with van der Waals surface area (Å²) in [6.45, 7) is 5.25. The number of primary amides is 1. The zero-order valence-electron chi connectivity index (χ0n) is 7.62. The summed E-state index contributed by atoms with van der Waals surface area (Å²) in [5.41, 5.74) is 5.27. The van der Waals surface area contributed by atoms with Crippen LogP contribution in [0.25, 0.3) is 0 Å². The molecule has 0 aliphatic carbocycles. The molecule has 1 unspecified atom stereocenters. The molecular weight excluding hydrogens is 172 g/mol. The van der Waals surface area contributed by atoms with E-state index in [0.29, 0.717) is 5.25 Å². The maximum atomic E-state index is 11.0. The molecule has 1 rings (SSSR count). The van der Waals surface area contributed by atoms with Crippen molar-refractivity contribution in [2.24, 2.45) is 5.73 Å². The second-order valence-electron chi connectivity index (χ2n) is 3.36. The predicted octanol–water partition coefficient (Wildman–Crippen LogP) is 0.993. The van der Waals surface area contributed by atoms with Gasteiger partial charge in [0.15, 0.2) is 0 Å². The molecule has 4 heteroatoms. The number of amides is 1. The van der Waals surface area contributed by atoms with Gasteiger partial charge in [-0.15, -0.1) is 0 Å². The van der Waals surface area contributed by atoms with Crippen LogP contribution in [0.3, 0.4) is 0 Å². The fourth-order valence-electron chi connectivity index (χ4n) is 1.42. The first-order chi connectivity index (χ1) is 5.61. The van der Waals surface area contributed by atoms with Gasteiger partial charge in [-0.1, -0.05) is 25.8 Å². The van der Waals surface area contributed by atoms with Crippen molar-refractivity contribution >= 4 is 17.9 Å². The number of rotatable bonds is 3. The minimum absolute atomic E-state index is 0.0302. The standard InChI is InChI=1S/C8H16N2OS/c1-6(2)12-10-5-3-4-7(10)8(9)11/h6-7H,3-5H2,1-2H3,(H2,9,11). The topological polar surface area (TPSA) is 46.3 Å². The zero-order valence-corrected chi connectivity index (χ0v) is 8.43. The van der Waals surface area contributed by atoms with Crippen molar-refractivity contribution < 1.29 is 4.79 Å². The molecule has 1 atom stereocenters. The molecule has 0 aromatic carbocycles. The molecule has 12 heavy (non-hydrogen) atoms. The van der Waals surface area contributed by atoms with Crippen LogP contribution in [0.15, 0.2) is 0 Å². The second-order valence-corrected chi connectivity index (χ2v) is 4.98. The maximum absolute atomic E-state index is 11.0. The second kappa shape index (κ2) is 4.14. The van der Waals surface area contributed by atoms with E-state index in [9.17, 15) is 4.79 Å². The minimum Gasteiger partial charge on any atom is -0.368 e. The average Bonchev–Trinajstić information content (AvgIpc) is 2.33. The first-order valence-corrected chi connectivity index (χ1v) is 5.17. The molecule has 0 aromatic rings. The number of nitrogens with zero attached hydrogens (tertiary/aromatic N) is 1. The van der Waals surface area contributed by atoms with Crippen molar-refractivity contribution in [1.82, 2.24) is 4.31 Å². The molecule has 1 aliphatic heterocycles. The van der Waals surface area contributed by atoms with Gasteiger partial charge < -0.3 is 5.73 Å². The number of carbonyl (C=O) groups excluding carboxylic acids is 1. The Balaban J connectivity index is 2.46. The van der Waals surface area contributed by atoms with E-state index in [1.54, 1.807) is 11.9 Å². The Morgan fingerprint density at radius 3 is 2.83 bits per heavy atom. The molecule has 0 bridgehead atoms. The highest BCUT2D eigenvalue weighted by atomic mass is 32.2. The number of carbonyl (C=O) groups is 1. The Morgan fingerprint density at radius 1 is 1.67 bits per heavy atom. The summed E-state index contributed by atoms with van der Waals surface area (Å²) in [6.07, 6.45) is 2.02. The van der Waals surface area contributed by atoms with Crippen LogP contribution in [0, 0.1) is 0 Å². The monoisotopic (exact) mass is 188 g/mol. The highest BCUT2D eigenvalue weighted by molar-refractivity contribution is 7.97. The molecule has 1 saturated heterocycles. The first kappa shape index (κ1) is 9.86. The summed E-state index contributed by atoms with van der Waals surface area (Å²) in [6, 6.07) is -0.0302. The average molecular weight is 188 g/mol. The Morgan fingerprint density at radius 2 is 2.33 bits per heavy atom. The van der Waals surface area contributed by atoms with E-state index in [0.717, 1.165) is 19.4 Å². The number of nitrogens with two attached hydrogens (primary N) is 1.